The van der Waals surface area contributed by atoms with Crippen molar-refractivity contribution in [2.24, 2.45) is 0 Å². The lowest BCUT2D eigenvalue weighted by Crippen LogP contribution is -2.31. The minimum atomic E-state index is -1.01. The summed E-state index contributed by atoms with van der Waals surface area (Å²) in [5.74, 6) is -3.49. The normalized spacial score (nSPS) is 18.3. The zero-order valence-corrected chi connectivity index (χ0v) is 15.8. The topological polar surface area (TPSA) is 94.9 Å². The molecule has 1 atom stereocenters. The van der Waals surface area contributed by atoms with Crippen molar-refractivity contribution in [2.75, 3.05) is 6.54 Å². The number of carboxylic acids is 1. The molecule has 2 aromatic carbocycles. The molecule has 7 heteroatoms. The first-order valence-corrected chi connectivity index (χ1v) is 9.12. The van der Waals surface area contributed by atoms with Crippen LogP contribution < -0.4 is 0 Å². The molecule has 0 saturated carbocycles. The van der Waals surface area contributed by atoms with E-state index in [1.165, 1.54) is 29.2 Å². The van der Waals surface area contributed by atoms with E-state index in [2.05, 4.69) is 0 Å². The van der Waals surface area contributed by atoms with Crippen molar-refractivity contribution in [3.63, 3.8) is 0 Å². The van der Waals surface area contributed by atoms with Crippen LogP contribution in [0.1, 0.15) is 35.6 Å². The molecule has 0 bridgehead atoms. The van der Waals surface area contributed by atoms with Crippen molar-refractivity contribution in [3.05, 3.63) is 76.6 Å². The van der Waals surface area contributed by atoms with Gasteiger partial charge in [-0.2, -0.15) is 0 Å². The summed E-state index contributed by atoms with van der Waals surface area (Å²) in [6.07, 6.45) is -0.0261. The summed E-state index contributed by atoms with van der Waals surface area (Å²) in [7, 11) is 0. The Morgan fingerprint density at radius 1 is 1.03 bits per heavy atom. The number of benzene rings is 2. The number of carbonyl (C=O) groups is 3. The highest BCUT2D eigenvalue weighted by atomic mass is 19.1. The van der Waals surface area contributed by atoms with Gasteiger partial charge in [-0.3, -0.25) is 14.4 Å². The largest absolute Gasteiger partial charge is 0.507 e. The Balaban J connectivity index is 2.08. The number of aliphatic hydroxyl groups excluding tert-OH is 1. The molecule has 2 N–H and O–H groups in total. The van der Waals surface area contributed by atoms with Gasteiger partial charge in [-0.05, 0) is 31.0 Å². The van der Waals surface area contributed by atoms with Crippen molar-refractivity contribution >= 4 is 23.4 Å². The van der Waals surface area contributed by atoms with Crippen LogP contribution in [-0.2, 0) is 14.4 Å². The lowest BCUT2D eigenvalue weighted by Gasteiger charge is -2.25. The highest BCUT2D eigenvalue weighted by Gasteiger charge is 2.45. The molecule has 1 aliphatic heterocycles. The maximum absolute atomic E-state index is 13.4. The molecular formula is C22H20FNO5. The number of carboxylic acid groups (broad SMARTS) is 1. The Labute approximate surface area is 166 Å². The molecular weight excluding hydrogens is 377 g/mol. The summed E-state index contributed by atoms with van der Waals surface area (Å²) in [6, 6.07) is 11.2. The molecule has 0 unspecified atom stereocenters. The summed E-state index contributed by atoms with van der Waals surface area (Å²) >= 11 is 0. The maximum Gasteiger partial charge on any atom is 0.303 e. The fraction of sp³-hybridized carbons (Fsp3) is 0.227. The molecule has 0 aromatic heterocycles. The Hall–Kier alpha value is -3.48. The maximum atomic E-state index is 13.4. The molecule has 1 amide bonds. The number of hydrogen-bond donors (Lipinski definition) is 2. The first-order valence-electron chi connectivity index (χ1n) is 9.12. The molecule has 1 aliphatic rings. The molecule has 6 nitrogen and oxygen atoms in total. The monoisotopic (exact) mass is 397 g/mol. The van der Waals surface area contributed by atoms with E-state index in [0.717, 1.165) is 5.56 Å². The van der Waals surface area contributed by atoms with E-state index in [-0.39, 0.29) is 30.7 Å². The number of carbonyl (C=O) groups excluding carboxylic acids is 2. The van der Waals surface area contributed by atoms with Gasteiger partial charge in [0.25, 0.3) is 11.7 Å². The molecule has 1 fully saturated rings. The first kappa shape index (κ1) is 20.3. The van der Waals surface area contributed by atoms with Crippen LogP contribution in [0.15, 0.2) is 54.1 Å². The number of aliphatic carboxylic acids is 1. The van der Waals surface area contributed by atoms with Gasteiger partial charge < -0.3 is 15.1 Å². The molecule has 1 saturated heterocycles. The third-order valence-electron chi connectivity index (χ3n) is 4.84. The van der Waals surface area contributed by atoms with Gasteiger partial charge >= 0.3 is 5.97 Å². The SMILES string of the molecule is Cc1ccc(C(O)=C2C(=O)C(=O)N(CCCC(=O)O)[C@H]2c2ccc(F)cc2)cc1. The molecule has 0 aliphatic carbocycles. The average Bonchev–Trinajstić information content (AvgIpc) is 2.93. The minimum Gasteiger partial charge on any atom is -0.507 e. The van der Waals surface area contributed by atoms with Gasteiger partial charge in [-0.25, -0.2) is 4.39 Å². The van der Waals surface area contributed by atoms with Crippen LogP contribution in [0.4, 0.5) is 4.39 Å². The molecule has 29 heavy (non-hydrogen) atoms. The van der Waals surface area contributed by atoms with Gasteiger partial charge in [-0.15, -0.1) is 0 Å². The van der Waals surface area contributed by atoms with Gasteiger partial charge in [0.1, 0.15) is 11.6 Å². The van der Waals surface area contributed by atoms with E-state index in [0.29, 0.717) is 11.1 Å². The standard InChI is InChI=1S/C22H20FNO5/c1-13-4-6-15(7-5-13)20(27)18-19(14-8-10-16(23)11-9-14)24(22(29)21(18)28)12-2-3-17(25)26/h4-11,19,27H,2-3,12H2,1H3,(H,25,26)/t19-/m0/s1. The summed E-state index contributed by atoms with van der Waals surface area (Å²) in [5.41, 5.74) is 1.70. The Morgan fingerprint density at radius 2 is 1.66 bits per heavy atom. The van der Waals surface area contributed by atoms with Crippen molar-refractivity contribution in [1.29, 1.82) is 0 Å². The van der Waals surface area contributed by atoms with Crippen LogP contribution in [0, 0.1) is 12.7 Å². The number of halogens is 1. The number of amides is 1. The van der Waals surface area contributed by atoms with Gasteiger partial charge in [0.15, 0.2) is 0 Å². The third-order valence-corrected chi connectivity index (χ3v) is 4.84. The van der Waals surface area contributed by atoms with Crippen LogP contribution in [0.3, 0.4) is 0 Å². The van der Waals surface area contributed by atoms with Gasteiger partial charge in [0, 0.05) is 18.5 Å². The van der Waals surface area contributed by atoms with Crippen LogP contribution in [0.25, 0.3) is 5.76 Å². The van der Waals surface area contributed by atoms with E-state index in [1.54, 1.807) is 24.3 Å². The van der Waals surface area contributed by atoms with E-state index in [1.807, 2.05) is 6.92 Å². The zero-order valence-electron chi connectivity index (χ0n) is 15.8. The number of ketones is 1. The van der Waals surface area contributed by atoms with E-state index in [4.69, 9.17) is 5.11 Å². The number of Topliss-reactive ketones (excluding diaryl/α,β-unsaturated/α-hetero) is 1. The van der Waals surface area contributed by atoms with Crippen LogP contribution >= 0.6 is 0 Å². The molecule has 0 radical (unpaired) electrons. The second kappa shape index (κ2) is 8.26. The predicted molar refractivity (Wildman–Crippen MR) is 103 cm³/mol. The first-order chi connectivity index (χ1) is 13.8. The van der Waals surface area contributed by atoms with E-state index < -0.39 is 29.5 Å². The highest BCUT2D eigenvalue weighted by molar-refractivity contribution is 6.46. The molecule has 2 aromatic rings. The molecule has 150 valence electrons. The quantitative estimate of drug-likeness (QED) is 0.442. The van der Waals surface area contributed by atoms with Gasteiger partial charge in [-0.1, -0.05) is 42.0 Å². The lowest BCUT2D eigenvalue weighted by molar-refractivity contribution is -0.140. The van der Waals surface area contributed by atoms with Crippen molar-refractivity contribution in [1.82, 2.24) is 4.90 Å². The highest BCUT2D eigenvalue weighted by Crippen LogP contribution is 2.39. The Morgan fingerprint density at radius 3 is 2.24 bits per heavy atom. The third kappa shape index (κ3) is 4.18. The Kier molecular flexibility index (Phi) is 5.77. The fourth-order valence-electron chi connectivity index (χ4n) is 3.37. The summed E-state index contributed by atoms with van der Waals surface area (Å²) in [4.78, 5) is 37.5. The molecule has 0 spiro atoms. The Bertz CT molecular complexity index is 979. The molecule has 3 rings (SSSR count). The summed E-state index contributed by atoms with van der Waals surface area (Å²) in [5, 5.41) is 19.7. The van der Waals surface area contributed by atoms with Crippen molar-refractivity contribution in [3.8, 4) is 0 Å². The number of aryl methyl sites for hydroxylation is 1. The van der Waals surface area contributed by atoms with Crippen LogP contribution in [-0.4, -0.2) is 39.3 Å². The minimum absolute atomic E-state index is 0.0175. The summed E-state index contributed by atoms with van der Waals surface area (Å²) in [6.45, 7) is 1.90. The second-order valence-corrected chi connectivity index (χ2v) is 6.91. The average molecular weight is 397 g/mol. The molecule has 1 heterocycles. The number of nitrogens with zero attached hydrogens (tertiary/aromatic N) is 1. The number of rotatable bonds is 6. The summed E-state index contributed by atoms with van der Waals surface area (Å²) < 4.78 is 13.4. The predicted octanol–water partition coefficient (Wildman–Crippen LogP) is 3.42. The van der Waals surface area contributed by atoms with Crippen molar-refractivity contribution in [2.45, 2.75) is 25.8 Å². The van der Waals surface area contributed by atoms with E-state index in [9.17, 15) is 23.9 Å². The lowest BCUT2D eigenvalue weighted by atomic mass is 9.95. The fourth-order valence-corrected chi connectivity index (χ4v) is 3.37. The number of hydrogen-bond acceptors (Lipinski definition) is 4. The number of likely N-dealkylation sites (tertiary alicyclic amines) is 1. The second-order valence-electron chi connectivity index (χ2n) is 6.91. The van der Waals surface area contributed by atoms with Crippen molar-refractivity contribution < 1.29 is 29.0 Å². The number of aliphatic hydroxyl groups is 1. The van der Waals surface area contributed by atoms with Crippen LogP contribution in [0.5, 0.6) is 0 Å². The van der Waals surface area contributed by atoms with Gasteiger partial charge in [0.05, 0.1) is 11.6 Å². The zero-order chi connectivity index (χ0) is 21.1. The smallest absolute Gasteiger partial charge is 0.303 e. The van der Waals surface area contributed by atoms with Gasteiger partial charge in [0.2, 0.25) is 0 Å². The van der Waals surface area contributed by atoms with E-state index >= 15 is 0 Å². The van der Waals surface area contributed by atoms with Crippen LogP contribution in [0.2, 0.25) is 0 Å².